The number of hydrogen-bond acceptors (Lipinski definition) is 3. The third-order valence-corrected chi connectivity index (χ3v) is 4.87. The molecule has 1 aromatic rings. The number of nitrogens with zero attached hydrogens (tertiary/aromatic N) is 3. The summed E-state index contributed by atoms with van der Waals surface area (Å²) in [6.45, 7) is 8.66. The van der Waals surface area contributed by atoms with E-state index in [0.717, 1.165) is 23.3 Å². The molecule has 2 rings (SSSR count). The van der Waals surface area contributed by atoms with E-state index in [-0.39, 0.29) is 0 Å². The summed E-state index contributed by atoms with van der Waals surface area (Å²) in [5.74, 6) is 0. The summed E-state index contributed by atoms with van der Waals surface area (Å²) >= 11 is 3.61. The van der Waals surface area contributed by atoms with E-state index in [2.05, 4.69) is 38.2 Å². The number of aromatic nitrogens is 2. The first-order valence-electron chi connectivity index (χ1n) is 6.76. The smallest absolute Gasteiger partial charge is 0.0739 e. The minimum Gasteiger partial charge on any atom is -0.310 e. The van der Waals surface area contributed by atoms with Crippen LogP contribution in [0.25, 0.3) is 0 Å². The Kier molecular flexibility index (Phi) is 4.81. The normalized spacial score (nSPS) is 20.8. The summed E-state index contributed by atoms with van der Waals surface area (Å²) in [5, 5.41) is 7.98. The van der Waals surface area contributed by atoms with Crippen molar-refractivity contribution in [1.29, 1.82) is 0 Å². The van der Waals surface area contributed by atoms with Crippen LogP contribution >= 0.6 is 15.9 Å². The fourth-order valence-corrected chi connectivity index (χ4v) is 3.25. The van der Waals surface area contributed by atoms with E-state index in [4.69, 9.17) is 0 Å². The van der Waals surface area contributed by atoms with Gasteiger partial charge in [-0.15, -0.1) is 0 Å². The third-order valence-electron chi connectivity index (χ3n) is 3.84. The maximum atomic E-state index is 4.41. The van der Waals surface area contributed by atoms with Gasteiger partial charge in [-0.2, -0.15) is 5.10 Å². The van der Waals surface area contributed by atoms with E-state index in [1.165, 1.54) is 31.6 Å². The van der Waals surface area contributed by atoms with Gasteiger partial charge in [-0.25, -0.2) is 0 Å². The monoisotopic (exact) mass is 314 g/mol. The lowest BCUT2D eigenvalue weighted by Gasteiger charge is -2.23. The van der Waals surface area contributed by atoms with Crippen molar-refractivity contribution >= 4 is 15.9 Å². The van der Waals surface area contributed by atoms with Crippen LogP contribution in [0.1, 0.15) is 31.2 Å². The molecule has 1 saturated heterocycles. The second-order valence-corrected chi connectivity index (χ2v) is 5.82. The predicted octanol–water partition coefficient (Wildman–Crippen LogP) is 2.06. The van der Waals surface area contributed by atoms with Crippen molar-refractivity contribution in [2.75, 3.05) is 19.6 Å². The molecule has 0 bridgehead atoms. The van der Waals surface area contributed by atoms with Crippen molar-refractivity contribution in [3.8, 4) is 0 Å². The fourth-order valence-electron chi connectivity index (χ4n) is 2.77. The Morgan fingerprint density at radius 3 is 2.89 bits per heavy atom. The van der Waals surface area contributed by atoms with Gasteiger partial charge in [-0.3, -0.25) is 9.58 Å². The van der Waals surface area contributed by atoms with Crippen LogP contribution in [0.4, 0.5) is 0 Å². The minimum absolute atomic E-state index is 0.711. The Morgan fingerprint density at radius 2 is 2.28 bits per heavy atom. The molecule has 0 saturated carbocycles. The maximum absolute atomic E-state index is 4.41. The van der Waals surface area contributed by atoms with Crippen molar-refractivity contribution in [3.63, 3.8) is 0 Å². The van der Waals surface area contributed by atoms with Crippen LogP contribution in [0.15, 0.2) is 4.47 Å². The predicted molar refractivity (Wildman–Crippen MR) is 77.6 cm³/mol. The molecule has 1 aliphatic rings. The average Bonchev–Trinajstić information content (AvgIpc) is 2.89. The molecule has 0 amide bonds. The van der Waals surface area contributed by atoms with E-state index in [1.54, 1.807) is 0 Å². The molecule has 1 N–H and O–H groups in total. The molecule has 4 nitrogen and oxygen atoms in total. The second kappa shape index (κ2) is 6.17. The van der Waals surface area contributed by atoms with Crippen LogP contribution in [0.3, 0.4) is 0 Å². The molecule has 1 aliphatic heterocycles. The van der Waals surface area contributed by atoms with Gasteiger partial charge in [0.25, 0.3) is 0 Å². The Bertz CT molecular complexity index is 402. The molecule has 0 spiro atoms. The summed E-state index contributed by atoms with van der Waals surface area (Å²) in [6, 6.07) is 0.711. The number of hydrogen-bond donors (Lipinski definition) is 1. The summed E-state index contributed by atoms with van der Waals surface area (Å²) in [6.07, 6.45) is 2.67. The molecule has 2 heterocycles. The molecule has 1 unspecified atom stereocenters. The highest BCUT2D eigenvalue weighted by Gasteiger charge is 2.22. The van der Waals surface area contributed by atoms with Crippen molar-refractivity contribution in [3.05, 3.63) is 15.9 Å². The Morgan fingerprint density at radius 1 is 1.50 bits per heavy atom. The molecule has 18 heavy (non-hydrogen) atoms. The summed E-state index contributed by atoms with van der Waals surface area (Å²) < 4.78 is 3.09. The van der Waals surface area contributed by atoms with E-state index in [9.17, 15) is 0 Å². The van der Waals surface area contributed by atoms with Crippen molar-refractivity contribution in [2.45, 2.75) is 39.3 Å². The number of nitrogens with one attached hydrogen (secondary N) is 1. The summed E-state index contributed by atoms with van der Waals surface area (Å²) in [5.41, 5.74) is 2.29. The van der Waals surface area contributed by atoms with Gasteiger partial charge in [0, 0.05) is 26.2 Å². The SMILES string of the molecule is CCN1CCCC1CNCc1c(Br)c(C)nn1C. The van der Waals surface area contributed by atoms with Gasteiger partial charge < -0.3 is 5.32 Å². The van der Waals surface area contributed by atoms with Crippen LogP contribution in [0.5, 0.6) is 0 Å². The molecular weight excluding hydrogens is 292 g/mol. The van der Waals surface area contributed by atoms with Gasteiger partial charge in [-0.1, -0.05) is 6.92 Å². The van der Waals surface area contributed by atoms with Crippen molar-refractivity contribution < 1.29 is 0 Å². The second-order valence-electron chi connectivity index (χ2n) is 5.03. The largest absolute Gasteiger partial charge is 0.310 e. The van der Waals surface area contributed by atoms with Gasteiger partial charge in [0.05, 0.1) is 15.9 Å². The van der Waals surface area contributed by atoms with Crippen LogP contribution in [0.2, 0.25) is 0 Å². The average molecular weight is 315 g/mol. The van der Waals surface area contributed by atoms with Gasteiger partial charge in [0.15, 0.2) is 0 Å². The Balaban J connectivity index is 1.85. The molecule has 102 valence electrons. The van der Waals surface area contributed by atoms with Gasteiger partial charge in [0.2, 0.25) is 0 Å². The zero-order valence-electron chi connectivity index (χ0n) is 11.5. The highest BCUT2D eigenvalue weighted by atomic mass is 79.9. The highest BCUT2D eigenvalue weighted by Crippen LogP contribution is 2.20. The molecule has 0 aromatic carbocycles. The fraction of sp³-hybridized carbons (Fsp3) is 0.769. The van der Waals surface area contributed by atoms with Crippen LogP contribution in [-0.4, -0.2) is 40.4 Å². The van der Waals surface area contributed by atoms with E-state index in [0.29, 0.717) is 6.04 Å². The van der Waals surface area contributed by atoms with Crippen molar-refractivity contribution in [1.82, 2.24) is 20.0 Å². The van der Waals surface area contributed by atoms with E-state index in [1.807, 2.05) is 18.7 Å². The van der Waals surface area contributed by atoms with Crippen LogP contribution in [-0.2, 0) is 13.6 Å². The number of likely N-dealkylation sites (tertiary alicyclic amines) is 1. The van der Waals surface area contributed by atoms with E-state index >= 15 is 0 Å². The third kappa shape index (κ3) is 2.95. The lowest BCUT2D eigenvalue weighted by atomic mass is 10.2. The highest BCUT2D eigenvalue weighted by molar-refractivity contribution is 9.10. The number of aryl methyl sites for hydroxylation is 2. The van der Waals surface area contributed by atoms with Gasteiger partial charge in [-0.05, 0) is 48.8 Å². The molecule has 1 fully saturated rings. The quantitative estimate of drug-likeness (QED) is 0.903. The number of likely N-dealkylation sites (N-methyl/N-ethyl adjacent to an activating group) is 1. The molecular formula is C13H23BrN4. The Hall–Kier alpha value is -0.390. The molecule has 1 aromatic heterocycles. The topological polar surface area (TPSA) is 33.1 Å². The van der Waals surface area contributed by atoms with Gasteiger partial charge >= 0.3 is 0 Å². The molecule has 0 radical (unpaired) electrons. The van der Waals surface area contributed by atoms with E-state index < -0.39 is 0 Å². The first kappa shape index (κ1) is 14.0. The lowest BCUT2D eigenvalue weighted by Crippen LogP contribution is -2.37. The zero-order chi connectivity index (χ0) is 13.1. The van der Waals surface area contributed by atoms with Crippen LogP contribution < -0.4 is 5.32 Å². The maximum Gasteiger partial charge on any atom is 0.0739 e. The first-order valence-corrected chi connectivity index (χ1v) is 7.55. The van der Waals surface area contributed by atoms with Gasteiger partial charge in [0.1, 0.15) is 0 Å². The van der Waals surface area contributed by atoms with Crippen LogP contribution in [0, 0.1) is 6.92 Å². The minimum atomic E-state index is 0.711. The first-order chi connectivity index (χ1) is 8.63. The Labute approximate surface area is 118 Å². The standard InChI is InChI=1S/C13H23BrN4/c1-4-18-7-5-6-11(18)8-15-9-12-13(14)10(2)16-17(12)3/h11,15H,4-9H2,1-3H3. The zero-order valence-corrected chi connectivity index (χ0v) is 13.1. The number of rotatable bonds is 5. The molecule has 1 atom stereocenters. The summed E-state index contributed by atoms with van der Waals surface area (Å²) in [7, 11) is 2.00. The lowest BCUT2D eigenvalue weighted by molar-refractivity contribution is 0.259. The summed E-state index contributed by atoms with van der Waals surface area (Å²) in [4.78, 5) is 2.57. The molecule has 5 heteroatoms. The number of halogens is 1. The molecule has 0 aliphatic carbocycles. The van der Waals surface area contributed by atoms with Crippen molar-refractivity contribution in [2.24, 2.45) is 7.05 Å².